The van der Waals surface area contributed by atoms with Crippen LogP contribution in [0.25, 0.3) is 0 Å². The quantitative estimate of drug-likeness (QED) is 0.845. The zero-order chi connectivity index (χ0) is 12.3. The molecule has 0 bridgehead atoms. The molecule has 3 N–H and O–H groups in total. The van der Waals surface area contributed by atoms with E-state index in [0.29, 0.717) is 0 Å². The van der Waals surface area contributed by atoms with Crippen LogP contribution in [0.3, 0.4) is 0 Å². The summed E-state index contributed by atoms with van der Waals surface area (Å²) < 4.78 is 0. The summed E-state index contributed by atoms with van der Waals surface area (Å²) in [6.45, 7) is 2.08. The van der Waals surface area contributed by atoms with Gasteiger partial charge in [0.15, 0.2) is 0 Å². The maximum absolute atomic E-state index is 5.98. The Morgan fingerprint density at radius 3 is 2.47 bits per heavy atom. The average Bonchev–Trinajstić information content (AvgIpc) is 2.35. The normalized spacial score (nSPS) is 12.4. The van der Waals surface area contributed by atoms with Crippen LogP contribution in [0.5, 0.6) is 0 Å². The Kier molecular flexibility index (Phi) is 3.40. The molecule has 1 heterocycles. The third kappa shape index (κ3) is 2.45. The fourth-order valence-corrected chi connectivity index (χ4v) is 1.92. The highest BCUT2D eigenvalue weighted by atomic mass is 14.9. The summed E-state index contributed by atoms with van der Waals surface area (Å²) in [7, 11) is 1.93. The number of nitrogens with one attached hydrogen (secondary N) is 1. The number of aromatic nitrogens is 1. The van der Waals surface area contributed by atoms with Gasteiger partial charge in [-0.1, -0.05) is 29.8 Å². The summed E-state index contributed by atoms with van der Waals surface area (Å²) >= 11 is 0. The number of hydrogen-bond acceptors (Lipinski definition) is 3. The zero-order valence-electron chi connectivity index (χ0n) is 10.1. The topological polar surface area (TPSA) is 50.9 Å². The zero-order valence-corrected chi connectivity index (χ0v) is 10.1. The van der Waals surface area contributed by atoms with Gasteiger partial charge in [0.1, 0.15) is 0 Å². The summed E-state index contributed by atoms with van der Waals surface area (Å²) in [5.41, 5.74) is 10.2. The Hall–Kier alpha value is -1.87. The van der Waals surface area contributed by atoms with Crippen molar-refractivity contribution in [2.24, 2.45) is 0 Å². The number of benzene rings is 1. The van der Waals surface area contributed by atoms with Gasteiger partial charge in [-0.25, -0.2) is 0 Å². The Labute approximate surface area is 102 Å². The number of nitrogens with two attached hydrogens (primary N) is 1. The second-order valence-electron chi connectivity index (χ2n) is 4.14. The van der Waals surface area contributed by atoms with Gasteiger partial charge in [-0.3, -0.25) is 4.98 Å². The summed E-state index contributed by atoms with van der Waals surface area (Å²) in [5.74, 6) is 0. The van der Waals surface area contributed by atoms with Crippen LogP contribution in [0, 0.1) is 6.92 Å². The largest absolute Gasteiger partial charge is 0.398 e. The summed E-state index contributed by atoms with van der Waals surface area (Å²) in [6, 6.07) is 10.3. The van der Waals surface area contributed by atoms with Crippen molar-refractivity contribution in [1.29, 1.82) is 0 Å². The van der Waals surface area contributed by atoms with E-state index in [0.717, 1.165) is 11.3 Å². The van der Waals surface area contributed by atoms with E-state index >= 15 is 0 Å². The molecular formula is C14H17N3. The van der Waals surface area contributed by atoms with E-state index < -0.39 is 0 Å². The van der Waals surface area contributed by atoms with Gasteiger partial charge >= 0.3 is 0 Å². The van der Waals surface area contributed by atoms with Crippen molar-refractivity contribution >= 4 is 5.69 Å². The second-order valence-corrected chi connectivity index (χ2v) is 4.14. The molecule has 1 atom stereocenters. The molecule has 3 nitrogen and oxygen atoms in total. The van der Waals surface area contributed by atoms with Crippen molar-refractivity contribution in [3.63, 3.8) is 0 Å². The molecule has 0 amide bonds. The van der Waals surface area contributed by atoms with Crippen LogP contribution >= 0.6 is 0 Å². The van der Waals surface area contributed by atoms with E-state index in [4.69, 9.17) is 5.73 Å². The monoisotopic (exact) mass is 227 g/mol. The first-order valence-electron chi connectivity index (χ1n) is 5.65. The molecule has 88 valence electrons. The molecule has 0 saturated carbocycles. The molecule has 0 aliphatic rings. The molecule has 17 heavy (non-hydrogen) atoms. The lowest BCUT2D eigenvalue weighted by molar-refractivity contribution is 0.690. The number of hydrogen-bond donors (Lipinski definition) is 2. The van der Waals surface area contributed by atoms with Crippen LogP contribution in [0.1, 0.15) is 22.7 Å². The van der Waals surface area contributed by atoms with Crippen molar-refractivity contribution in [3.8, 4) is 0 Å². The maximum Gasteiger partial charge on any atom is 0.0610 e. The highest BCUT2D eigenvalue weighted by molar-refractivity contribution is 5.49. The number of rotatable bonds is 3. The molecule has 0 fully saturated rings. The minimum Gasteiger partial charge on any atom is -0.398 e. The molecule has 1 aromatic carbocycles. The molecule has 0 spiro atoms. The van der Waals surface area contributed by atoms with Crippen molar-refractivity contribution < 1.29 is 0 Å². The molecule has 0 aliphatic carbocycles. The SMILES string of the molecule is CNC(c1ccc(C)cc1)c1cnccc1N. The highest BCUT2D eigenvalue weighted by Crippen LogP contribution is 2.25. The number of anilines is 1. The lowest BCUT2D eigenvalue weighted by Gasteiger charge is -2.18. The minimum atomic E-state index is 0.0873. The van der Waals surface area contributed by atoms with Crippen LogP contribution in [-0.2, 0) is 0 Å². The third-order valence-electron chi connectivity index (χ3n) is 2.90. The molecule has 0 radical (unpaired) electrons. The van der Waals surface area contributed by atoms with Crippen molar-refractivity contribution in [1.82, 2.24) is 10.3 Å². The lowest BCUT2D eigenvalue weighted by atomic mass is 9.98. The van der Waals surface area contributed by atoms with Crippen LogP contribution in [0.15, 0.2) is 42.7 Å². The van der Waals surface area contributed by atoms with Gasteiger partial charge in [-0.15, -0.1) is 0 Å². The molecule has 3 heteroatoms. The van der Waals surface area contributed by atoms with E-state index in [1.54, 1.807) is 6.20 Å². The van der Waals surface area contributed by atoms with E-state index in [1.807, 2.05) is 19.3 Å². The molecule has 1 aromatic heterocycles. The lowest BCUT2D eigenvalue weighted by Crippen LogP contribution is -2.19. The van der Waals surface area contributed by atoms with Crippen LogP contribution in [0.4, 0.5) is 5.69 Å². The van der Waals surface area contributed by atoms with Gasteiger partial charge in [0.25, 0.3) is 0 Å². The second kappa shape index (κ2) is 4.97. The van der Waals surface area contributed by atoms with Gasteiger partial charge in [-0.2, -0.15) is 0 Å². The molecule has 1 unspecified atom stereocenters. The summed E-state index contributed by atoms with van der Waals surface area (Å²) in [5, 5.41) is 3.27. The first-order valence-corrected chi connectivity index (χ1v) is 5.65. The number of nitrogens with zero attached hydrogens (tertiary/aromatic N) is 1. The maximum atomic E-state index is 5.98. The van der Waals surface area contributed by atoms with Gasteiger partial charge in [0.2, 0.25) is 0 Å². The summed E-state index contributed by atoms with van der Waals surface area (Å²) in [6.07, 6.45) is 3.52. The average molecular weight is 227 g/mol. The Balaban J connectivity index is 2.40. The van der Waals surface area contributed by atoms with Crippen molar-refractivity contribution in [2.45, 2.75) is 13.0 Å². The standard InChI is InChI=1S/C14H17N3/c1-10-3-5-11(6-4-10)14(16-2)12-9-17-8-7-13(12)15/h3-9,14,16H,1-2H3,(H2,15,17). The Morgan fingerprint density at radius 1 is 1.18 bits per heavy atom. The third-order valence-corrected chi connectivity index (χ3v) is 2.90. The Morgan fingerprint density at radius 2 is 1.88 bits per heavy atom. The van der Waals surface area contributed by atoms with E-state index in [2.05, 4.69) is 41.5 Å². The van der Waals surface area contributed by atoms with E-state index in [-0.39, 0.29) is 6.04 Å². The first kappa shape index (κ1) is 11.6. The Bertz CT molecular complexity index is 491. The molecule has 0 saturated heterocycles. The minimum absolute atomic E-state index is 0.0873. The first-order chi connectivity index (χ1) is 8.22. The smallest absolute Gasteiger partial charge is 0.0610 e. The van der Waals surface area contributed by atoms with E-state index in [9.17, 15) is 0 Å². The van der Waals surface area contributed by atoms with Gasteiger partial charge in [-0.05, 0) is 25.6 Å². The van der Waals surface area contributed by atoms with Crippen molar-refractivity contribution in [3.05, 3.63) is 59.4 Å². The fourth-order valence-electron chi connectivity index (χ4n) is 1.92. The molecule has 2 rings (SSSR count). The fraction of sp³-hybridized carbons (Fsp3) is 0.214. The van der Waals surface area contributed by atoms with Crippen LogP contribution < -0.4 is 11.1 Å². The predicted octanol–water partition coefficient (Wildman–Crippen LogP) is 2.28. The number of pyridine rings is 1. The highest BCUT2D eigenvalue weighted by Gasteiger charge is 2.14. The molecule has 0 aliphatic heterocycles. The van der Waals surface area contributed by atoms with Crippen LogP contribution in [0.2, 0.25) is 0 Å². The number of aryl methyl sites for hydroxylation is 1. The molecule has 2 aromatic rings. The number of nitrogen functional groups attached to an aromatic ring is 1. The van der Waals surface area contributed by atoms with E-state index in [1.165, 1.54) is 11.1 Å². The summed E-state index contributed by atoms with van der Waals surface area (Å²) in [4.78, 5) is 4.14. The van der Waals surface area contributed by atoms with Gasteiger partial charge in [0, 0.05) is 23.6 Å². The predicted molar refractivity (Wildman–Crippen MR) is 70.7 cm³/mol. The molecular weight excluding hydrogens is 210 g/mol. The van der Waals surface area contributed by atoms with Crippen LogP contribution in [-0.4, -0.2) is 12.0 Å². The van der Waals surface area contributed by atoms with Gasteiger partial charge in [0.05, 0.1) is 6.04 Å². The van der Waals surface area contributed by atoms with Crippen molar-refractivity contribution in [2.75, 3.05) is 12.8 Å². The van der Waals surface area contributed by atoms with Gasteiger partial charge < -0.3 is 11.1 Å².